The minimum Gasteiger partial charge on any atom is -0.339 e. The molecule has 3 aromatic rings. The van der Waals surface area contributed by atoms with Crippen LogP contribution in [0, 0.1) is 25.6 Å². The van der Waals surface area contributed by atoms with Gasteiger partial charge in [-0.15, -0.1) is 0 Å². The van der Waals surface area contributed by atoms with Crippen LogP contribution in [0.15, 0.2) is 48.5 Å². The van der Waals surface area contributed by atoms with E-state index in [9.17, 15) is 14.0 Å². The Morgan fingerprint density at radius 1 is 1.19 bits per heavy atom. The van der Waals surface area contributed by atoms with Gasteiger partial charge in [0.15, 0.2) is 0 Å². The smallest absolute Gasteiger partial charge is 0.251 e. The van der Waals surface area contributed by atoms with Crippen molar-refractivity contribution in [2.75, 3.05) is 5.32 Å². The quantitative estimate of drug-likeness (QED) is 0.633. The van der Waals surface area contributed by atoms with Gasteiger partial charge in [0, 0.05) is 23.6 Å². The van der Waals surface area contributed by atoms with Crippen LogP contribution in [0.25, 0.3) is 0 Å². The van der Waals surface area contributed by atoms with E-state index in [1.807, 2.05) is 24.6 Å². The molecule has 2 N–H and O–H groups in total. The zero-order valence-electron chi connectivity index (χ0n) is 18.6. The van der Waals surface area contributed by atoms with E-state index in [0.29, 0.717) is 23.8 Å². The van der Waals surface area contributed by atoms with E-state index in [-0.39, 0.29) is 17.6 Å². The Morgan fingerprint density at radius 3 is 2.56 bits per heavy atom. The van der Waals surface area contributed by atoms with Crippen LogP contribution in [0.2, 0.25) is 0 Å². The highest BCUT2D eigenvalue weighted by Gasteiger charge is 2.41. The van der Waals surface area contributed by atoms with Gasteiger partial charge in [0.05, 0.1) is 5.69 Å². The van der Waals surface area contributed by atoms with Crippen LogP contribution in [0.4, 0.5) is 10.2 Å². The normalized spacial score (nSPS) is 17.8. The summed E-state index contributed by atoms with van der Waals surface area (Å²) >= 11 is 0. The number of aromatic nitrogens is 2. The largest absolute Gasteiger partial charge is 0.339 e. The lowest BCUT2D eigenvalue weighted by Gasteiger charge is -2.33. The number of rotatable bonds is 5. The molecule has 1 aromatic heterocycles. The molecule has 166 valence electrons. The summed E-state index contributed by atoms with van der Waals surface area (Å²) in [6.07, 6.45) is 0. The number of halogens is 1. The summed E-state index contributed by atoms with van der Waals surface area (Å²) in [6.45, 7) is 8.60. The highest BCUT2D eigenvalue weighted by atomic mass is 19.1. The number of hydrogen-bond acceptors (Lipinski definition) is 3. The molecule has 0 saturated carbocycles. The van der Waals surface area contributed by atoms with Crippen molar-refractivity contribution in [3.05, 3.63) is 82.3 Å². The highest BCUT2D eigenvalue weighted by molar-refractivity contribution is 6.04. The Hall–Kier alpha value is -3.48. The molecular formula is C25H27FN4O2. The number of anilines is 1. The van der Waals surface area contributed by atoms with Gasteiger partial charge >= 0.3 is 0 Å². The molecule has 1 aliphatic rings. The maximum atomic E-state index is 13.7. The number of nitrogens with zero attached hydrogens (tertiary/aromatic N) is 2. The number of nitrogens with one attached hydrogen (secondary N) is 2. The fourth-order valence-corrected chi connectivity index (χ4v) is 4.28. The second kappa shape index (κ2) is 8.57. The SMILES string of the molecule is Cc1cccc(C(=O)N[C@@H]2C(=O)Nc3c(c(C)nn3CC(C)C)[C@H]2c2ccc(F)cc2)c1. The maximum Gasteiger partial charge on any atom is 0.251 e. The number of fused-ring (bicyclic) bond motifs is 1. The van der Waals surface area contributed by atoms with Crippen LogP contribution in [0.3, 0.4) is 0 Å². The van der Waals surface area contributed by atoms with Crippen LogP contribution in [0.5, 0.6) is 0 Å². The van der Waals surface area contributed by atoms with Crippen molar-refractivity contribution in [1.29, 1.82) is 0 Å². The lowest BCUT2D eigenvalue weighted by Crippen LogP contribution is -2.50. The summed E-state index contributed by atoms with van der Waals surface area (Å²) in [6, 6.07) is 12.4. The zero-order valence-corrected chi connectivity index (χ0v) is 18.6. The first-order valence-electron chi connectivity index (χ1n) is 10.8. The summed E-state index contributed by atoms with van der Waals surface area (Å²) in [4.78, 5) is 26.3. The van der Waals surface area contributed by atoms with Crippen LogP contribution < -0.4 is 10.6 Å². The molecule has 7 heteroatoms. The Balaban J connectivity index is 1.79. The van der Waals surface area contributed by atoms with E-state index < -0.39 is 12.0 Å². The molecule has 0 spiro atoms. The number of hydrogen-bond donors (Lipinski definition) is 2. The zero-order chi connectivity index (χ0) is 23.0. The topological polar surface area (TPSA) is 76.0 Å². The first kappa shape index (κ1) is 21.7. The second-order valence-electron chi connectivity index (χ2n) is 8.76. The highest BCUT2D eigenvalue weighted by Crippen LogP contribution is 2.40. The predicted octanol–water partition coefficient (Wildman–Crippen LogP) is 4.18. The molecule has 1 aliphatic heterocycles. The third-order valence-electron chi connectivity index (χ3n) is 5.68. The van der Waals surface area contributed by atoms with E-state index in [0.717, 1.165) is 22.4 Å². The molecule has 2 amide bonds. The van der Waals surface area contributed by atoms with E-state index >= 15 is 0 Å². The van der Waals surface area contributed by atoms with E-state index in [4.69, 9.17) is 0 Å². The molecular weight excluding hydrogens is 407 g/mol. The van der Waals surface area contributed by atoms with Gasteiger partial charge in [0.25, 0.3) is 5.91 Å². The third kappa shape index (κ3) is 4.15. The van der Waals surface area contributed by atoms with Crippen molar-refractivity contribution in [2.45, 2.75) is 46.2 Å². The molecule has 0 fully saturated rings. The van der Waals surface area contributed by atoms with Gasteiger partial charge in [-0.3, -0.25) is 9.59 Å². The Kier molecular flexibility index (Phi) is 5.82. The number of carbonyl (C=O) groups excluding carboxylic acids is 2. The van der Waals surface area contributed by atoms with Gasteiger partial charge in [0.2, 0.25) is 5.91 Å². The molecule has 2 atom stereocenters. The van der Waals surface area contributed by atoms with E-state index in [1.54, 1.807) is 30.3 Å². The average Bonchev–Trinajstić information content (AvgIpc) is 3.03. The van der Waals surface area contributed by atoms with Gasteiger partial charge < -0.3 is 10.6 Å². The second-order valence-corrected chi connectivity index (χ2v) is 8.76. The Morgan fingerprint density at radius 2 is 1.91 bits per heavy atom. The van der Waals surface area contributed by atoms with Crippen molar-refractivity contribution in [2.24, 2.45) is 5.92 Å². The fraction of sp³-hybridized carbons (Fsp3) is 0.320. The van der Waals surface area contributed by atoms with Crippen molar-refractivity contribution in [1.82, 2.24) is 15.1 Å². The standard InChI is InChI=1S/C25H27FN4O2/c1-14(2)13-30-23-20(16(4)29-30)21(17-8-10-19(26)11-9-17)22(25(32)28-23)27-24(31)18-7-5-6-15(3)12-18/h5-12,14,21-22H,13H2,1-4H3,(H,27,31)(H,28,32)/t21-,22+/m1/s1. The summed E-state index contributed by atoms with van der Waals surface area (Å²) in [7, 11) is 0. The first-order chi connectivity index (χ1) is 15.2. The van der Waals surface area contributed by atoms with Crippen LogP contribution in [0.1, 0.15) is 52.5 Å². The molecule has 0 aliphatic carbocycles. The van der Waals surface area contributed by atoms with Crippen molar-refractivity contribution >= 4 is 17.6 Å². The Bertz CT molecular complexity index is 1170. The number of aryl methyl sites for hydroxylation is 2. The molecule has 32 heavy (non-hydrogen) atoms. The van der Waals surface area contributed by atoms with Gasteiger partial charge in [-0.2, -0.15) is 5.10 Å². The molecule has 0 bridgehead atoms. The molecule has 6 nitrogen and oxygen atoms in total. The minimum absolute atomic E-state index is 0.322. The van der Waals surface area contributed by atoms with Crippen LogP contribution in [-0.2, 0) is 11.3 Å². The molecule has 0 saturated heterocycles. The maximum absolute atomic E-state index is 13.7. The molecule has 0 unspecified atom stereocenters. The van der Waals surface area contributed by atoms with E-state index in [1.165, 1.54) is 12.1 Å². The predicted molar refractivity (Wildman–Crippen MR) is 121 cm³/mol. The first-order valence-corrected chi connectivity index (χ1v) is 10.8. The van der Waals surface area contributed by atoms with Gasteiger partial charge in [0.1, 0.15) is 17.7 Å². The van der Waals surface area contributed by atoms with Crippen LogP contribution >= 0.6 is 0 Å². The Labute approximate surface area is 186 Å². The average molecular weight is 435 g/mol. The number of benzene rings is 2. The fourth-order valence-electron chi connectivity index (χ4n) is 4.28. The number of amides is 2. The van der Waals surface area contributed by atoms with E-state index in [2.05, 4.69) is 29.6 Å². The van der Waals surface area contributed by atoms with Gasteiger partial charge in [-0.1, -0.05) is 43.7 Å². The molecule has 4 rings (SSSR count). The lowest BCUT2D eigenvalue weighted by atomic mass is 9.82. The molecule has 2 heterocycles. The third-order valence-corrected chi connectivity index (χ3v) is 5.68. The summed E-state index contributed by atoms with van der Waals surface area (Å²) in [5, 5.41) is 10.5. The summed E-state index contributed by atoms with van der Waals surface area (Å²) < 4.78 is 15.5. The van der Waals surface area contributed by atoms with Crippen molar-refractivity contribution < 1.29 is 14.0 Å². The number of carbonyl (C=O) groups is 2. The van der Waals surface area contributed by atoms with Crippen LogP contribution in [-0.4, -0.2) is 27.6 Å². The van der Waals surface area contributed by atoms with Gasteiger partial charge in [-0.05, 0) is 49.6 Å². The minimum atomic E-state index is -0.864. The van der Waals surface area contributed by atoms with Crippen molar-refractivity contribution in [3.63, 3.8) is 0 Å². The summed E-state index contributed by atoms with van der Waals surface area (Å²) in [5.74, 6) is -0.542. The monoisotopic (exact) mass is 434 g/mol. The van der Waals surface area contributed by atoms with Gasteiger partial charge in [-0.25, -0.2) is 9.07 Å². The molecule has 0 radical (unpaired) electrons. The molecule has 2 aromatic carbocycles. The van der Waals surface area contributed by atoms with Crippen molar-refractivity contribution in [3.8, 4) is 0 Å². The summed E-state index contributed by atoms with van der Waals surface area (Å²) in [5.41, 5.74) is 3.78. The lowest BCUT2D eigenvalue weighted by molar-refractivity contribution is -0.118.